The second-order valence-corrected chi connectivity index (χ2v) is 2.28. The molecule has 60 valence electrons. The van der Waals surface area contributed by atoms with E-state index < -0.39 is 5.97 Å². The van der Waals surface area contributed by atoms with Crippen LogP contribution in [0.4, 0.5) is 0 Å². The van der Waals surface area contributed by atoms with E-state index in [1.807, 2.05) is 0 Å². The average molecular weight is 181 g/mol. The lowest BCUT2D eigenvalue weighted by atomic mass is 10.2. The van der Waals surface area contributed by atoms with E-state index in [9.17, 15) is 4.79 Å². The molecular weight excluding hydrogens is 178 g/mol. The number of carboxylic acids is 1. The van der Waals surface area contributed by atoms with E-state index in [2.05, 4.69) is 22.2 Å². The lowest BCUT2D eigenvalue weighted by molar-refractivity contribution is 0.0689. The Kier molecular flexibility index (Phi) is 2.16. The highest BCUT2D eigenvalue weighted by Crippen LogP contribution is 2.01. The maximum absolute atomic E-state index is 10.5. The van der Waals surface area contributed by atoms with Crippen LogP contribution in [0.5, 0.6) is 0 Å². The molecule has 12 heavy (non-hydrogen) atoms. The predicted molar refractivity (Wildman–Crippen MR) is 41.1 cm³/mol. The molecule has 0 unspecified atom stereocenters. The summed E-state index contributed by atoms with van der Waals surface area (Å²) in [4.78, 5) is 16.4. The van der Waals surface area contributed by atoms with Crippen molar-refractivity contribution < 1.29 is 9.90 Å². The van der Waals surface area contributed by atoms with Crippen molar-refractivity contribution >= 4 is 18.2 Å². The summed E-state index contributed by atoms with van der Waals surface area (Å²) in [6.45, 7) is 0. The van der Waals surface area contributed by atoms with Crippen LogP contribution in [-0.4, -0.2) is 21.0 Å². The van der Waals surface area contributed by atoms with Crippen molar-refractivity contribution in [1.29, 1.82) is 5.26 Å². The summed E-state index contributed by atoms with van der Waals surface area (Å²) in [7, 11) is 0. The van der Waals surface area contributed by atoms with Gasteiger partial charge in [-0.05, 0) is 12.2 Å². The van der Waals surface area contributed by atoms with Crippen molar-refractivity contribution in [2.45, 2.75) is 0 Å². The molecule has 0 bridgehead atoms. The number of nitrogens with zero attached hydrogens (tertiary/aromatic N) is 2. The first-order chi connectivity index (χ1) is 5.65. The van der Waals surface area contributed by atoms with Crippen LogP contribution in [0.2, 0.25) is 0 Å². The Labute approximate surface area is 72.3 Å². The van der Waals surface area contributed by atoms with Crippen LogP contribution in [0, 0.1) is 16.1 Å². The van der Waals surface area contributed by atoms with Gasteiger partial charge in [-0.1, -0.05) is 0 Å². The molecule has 1 heterocycles. The van der Waals surface area contributed by atoms with Crippen LogP contribution in [0.1, 0.15) is 16.1 Å². The fourth-order valence-corrected chi connectivity index (χ4v) is 0.802. The van der Waals surface area contributed by atoms with Crippen LogP contribution < -0.4 is 0 Å². The van der Waals surface area contributed by atoms with Crippen molar-refractivity contribution in [3.05, 3.63) is 22.2 Å². The number of carboxylic acid groups (broad SMARTS) is 1. The monoisotopic (exact) mass is 181 g/mol. The smallest absolute Gasteiger partial charge is 0.353 e. The molecule has 0 atom stereocenters. The van der Waals surface area contributed by atoms with Crippen molar-refractivity contribution in [1.82, 2.24) is 9.97 Å². The highest BCUT2D eigenvalue weighted by atomic mass is 32.1. The van der Waals surface area contributed by atoms with E-state index in [0.717, 1.165) is 6.20 Å². The van der Waals surface area contributed by atoms with Crippen molar-refractivity contribution in [3.63, 3.8) is 0 Å². The summed E-state index contributed by atoms with van der Waals surface area (Å²) in [6.07, 6.45) is 1.13. The van der Waals surface area contributed by atoms with Crippen molar-refractivity contribution in [2.24, 2.45) is 0 Å². The molecule has 0 aliphatic carbocycles. The van der Waals surface area contributed by atoms with Gasteiger partial charge in [0.05, 0.1) is 6.20 Å². The maximum Gasteiger partial charge on any atom is 0.353 e. The van der Waals surface area contributed by atoms with E-state index in [1.54, 1.807) is 6.07 Å². The van der Waals surface area contributed by atoms with Gasteiger partial charge >= 0.3 is 5.97 Å². The molecule has 0 radical (unpaired) electrons. The number of nitriles is 1. The molecule has 5 nitrogen and oxygen atoms in total. The molecule has 0 aliphatic heterocycles. The van der Waals surface area contributed by atoms with Crippen molar-refractivity contribution in [3.8, 4) is 6.07 Å². The van der Waals surface area contributed by atoms with Crippen LogP contribution in [0.25, 0.3) is 0 Å². The van der Waals surface area contributed by atoms with Gasteiger partial charge in [0.2, 0.25) is 0 Å². The maximum atomic E-state index is 10.5. The number of aromatic amines is 1. The molecule has 0 aromatic carbocycles. The third-order valence-corrected chi connectivity index (χ3v) is 1.35. The van der Waals surface area contributed by atoms with Crippen LogP contribution in [0.15, 0.2) is 6.20 Å². The largest absolute Gasteiger partial charge is 0.477 e. The van der Waals surface area contributed by atoms with Gasteiger partial charge in [0.15, 0.2) is 4.77 Å². The average Bonchev–Trinajstić information content (AvgIpc) is 2.04. The zero-order valence-corrected chi connectivity index (χ0v) is 6.55. The quantitative estimate of drug-likeness (QED) is 0.622. The molecule has 0 aliphatic rings. The molecule has 0 saturated carbocycles. The first-order valence-electron chi connectivity index (χ1n) is 2.88. The highest BCUT2D eigenvalue weighted by Gasteiger charge is 2.09. The van der Waals surface area contributed by atoms with E-state index in [-0.39, 0.29) is 16.0 Å². The molecule has 2 N–H and O–H groups in total. The standard InChI is InChI=1S/C6H3N3O2S/c7-1-3-2-8-6(12)9-4(3)5(10)11/h2H,(H,10,11)(H,8,9,12). The minimum atomic E-state index is -1.22. The topological polar surface area (TPSA) is 89.8 Å². The van der Waals surface area contributed by atoms with Gasteiger partial charge in [0, 0.05) is 0 Å². The Hall–Kier alpha value is -1.74. The Balaban J connectivity index is 3.44. The summed E-state index contributed by atoms with van der Waals surface area (Å²) < 4.78 is 0.0476. The van der Waals surface area contributed by atoms with Gasteiger partial charge in [-0.2, -0.15) is 5.26 Å². The van der Waals surface area contributed by atoms with Gasteiger partial charge in [0.1, 0.15) is 17.3 Å². The summed E-state index contributed by atoms with van der Waals surface area (Å²) in [6, 6.07) is 1.68. The SMILES string of the molecule is N#Cc1cnc(=S)[nH]c1C(=O)O. The first-order valence-corrected chi connectivity index (χ1v) is 3.28. The van der Waals surface area contributed by atoms with Gasteiger partial charge in [-0.25, -0.2) is 9.78 Å². The highest BCUT2D eigenvalue weighted by molar-refractivity contribution is 7.71. The lowest BCUT2D eigenvalue weighted by Crippen LogP contribution is -2.04. The van der Waals surface area contributed by atoms with E-state index >= 15 is 0 Å². The van der Waals surface area contributed by atoms with Gasteiger partial charge < -0.3 is 10.1 Å². The molecule has 0 spiro atoms. The normalized spacial score (nSPS) is 8.92. The second-order valence-electron chi connectivity index (χ2n) is 1.89. The third-order valence-electron chi connectivity index (χ3n) is 1.15. The van der Waals surface area contributed by atoms with Gasteiger partial charge in [-0.15, -0.1) is 0 Å². The Bertz CT molecular complexity index is 418. The van der Waals surface area contributed by atoms with E-state index in [0.29, 0.717) is 0 Å². The van der Waals surface area contributed by atoms with Gasteiger partial charge in [0.25, 0.3) is 0 Å². The number of hydrogen-bond acceptors (Lipinski definition) is 4. The number of carbonyl (C=O) groups is 1. The zero-order chi connectivity index (χ0) is 9.14. The minimum Gasteiger partial charge on any atom is -0.477 e. The molecular formula is C6H3N3O2S. The van der Waals surface area contributed by atoms with Crippen molar-refractivity contribution in [2.75, 3.05) is 0 Å². The molecule has 6 heteroatoms. The molecule has 0 saturated heterocycles. The van der Waals surface area contributed by atoms with Crippen LogP contribution in [-0.2, 0) is 0 Å². The fourth-order valence-electron chi connectivity index (χ4n) is 0.648. The Morgan fingerprint density at radius 2 is 2.50 bits per heavy atom. The third kappa shape index (κ3) is 1.46. The van der Waals surface area contributed by atoms with Gasteiger partial charge in [-0.3, -0.25) is 0 Å². The zero-order valence-electron chi connectivity index (χ0n) is 5.74. The fraction of sp³-hybridized carbons (Fsp3) is 0. The van der Waals surface area contributed by atoms with Crippen LogP contribution >= 0.6 is 12.2 Å². The summed E-state index contributed by atoms with van der Waals surface area (Å²) in [5, 5.41) is 17.0. The molecule has 1 aromatic heterocycles. The minimum absolute atomic E-state index is 0.0314. The number of H-pyrrole nitrogens is 1. The van der Waals surface area contributed by atoms with E-state index in [4.69, 9.17) is 10.4 Å². The molecule has 1 rings (SSSR count). The Morgan fingerprint density at radius 1 is 1.83 bits per heavy atom. The summed E-state index contributed by atoms with van der Waals surface area (Å²) in [5.74, 6) is -1.22. The Morgan fingerprint density at radius 3 is 3.00 bits per heavy atom. The summed E-state index contributed by atoms with van der Waals surface area (Å²) >= 11 is 4.59. The molecule has 0 fully saturated rings. The number of nitrogens with one attached hydrogen (secondary N) is 1. The lowest BCUT2D eigenvalue weighted by Gasteiger charge is -1.95. The number of rotatable bonds is 1. The second kappa shape index (κ2) is 3.11. The van der Waals surface area contributed by atoms with Crippen LogP contribution in [0.3, 0.4) is 0 Å². The number of aromatic nitrogens is 2. The number of aromatic carboxylic acids is 1. The first kappa shape index (κ1) is 8.36. The molecule has 1 aromatic rings. The predicted octanol–water partition coefficient (Wildman–Crippen LogP) is 0.709. The summed E-state index contributed by atoms with van der Waals surface area (Å²) in [5.41, 5.74) is -0.256. The van der Waals surface area contributed by atoms with E-state index in [1.165, 1.54) is 0 Å². The molecule has 0 amide bonds. The number of hydrogen-bond donors (Lipinski definition) is 2.